The fraction of sp³-hybridized carbons (Fsp3) is 0.258. The Labute approximate surface area is 233 Å². The van der Waals surface area contributed by atoms with E-state index in [4.69, 9.17) is 23.2 Å². The van der Waals surface area contributed by atoms with Gasteiger partial charge in [-0.1, -0.05) is 83.9 Å². The molecular formula is C31H30Cl2N4O. The Morgan fingerprint density at radius 3 is 2.32 bits per heavy atom. The molecule has 3 heterocycles. The van der Waals surface area contributed by atoms with Gasteiger partial charge in [-0.15, -0.1) is 0 Å². The van der Waals surface area contributed by atoms with Crippen molar-refractivity contribution in [2.24, 2.45) is 0 Å². The van der Waals surface area contributed by atoms with E-state index in [-0.39, 0.29) is 24.2 Å². The fourth-order valence-corrected chi connectivity index (χ4v) is 6.02. The molecule has 2 fully saturated rings. The molecule has 3 aliphatic heterocycles. The summed E-state index contributed by atoms with van der Waals surface area (Å²) in [5, 5.41) is 5.09. The molecule has 5 nitrogen and oxygen atoms in total. The van der Waals surface area contributed by atoms with E-state index in [0.29, 0.717) is 23.7 Å². The summed E-state index contributed by atoms with van der Waals surface area (Å²) in [5.74, 6) is 0.00786. The lowest BCUT2D eigenvalue weighted by Gasteiger charge is -2.39. The first kappa shape index (κ1) is 25.2. The normalized spacial score (nSPS) is 23.3. The van der Waals surface area contributed by atoms with Gasteiger partial charge in [-0.3, -0.25) is 15.0 Å². The van der Waals surface area contributed by atoms with Crippen molar-refractivity contribution in [2.45, 2.75) is 18.2 Å². The molecule has 2 saturated heterocycles. The first-order valence-corrected chi connectivity index (χ1v) is 13.8. The number of benzene rings is 3. The lowest BCUT2D eigenvalue weighted by molar-refractivity contribution is 0.0605. The van der Waals surface area contributed by atoms with Crippen molar-refractivity contribution in [1.82, 2.24) is 20.0 Å². The molecule has 3 unspecified atom stereocenters. The minimum absolute atomic E-state index is 0.00786. The molecule has 1 amide bonds. The van der Waals surface area contributed by atoms with Gasteiger partial charge >= 0.3 is 0 Å². The Balaban J connectivity index is 1.21. The Morgan fingerprint density at radius 1 is 0.868 bits per heavy atom. The van der Waals surface area contributed by atoms with E-state index in [2.05, 4.69) is 69.9 Å². The Bertz CT molecular complexity index is 1350. The summed E-state index contributed by atoms with van der Waals surface area (Å²) < 4.78 is 0. The van der Waals surface area contributed by atoms with Gasteiger partial charge in [0.1, 0.15) is 0 Å². The zero-order valence-corrected chi connectivity index (χ0v) is 22.5. The number of nitrogens with zero attached hydrogens (tertiary/aromatic N) is 3. The third kappa shape index (κ3) is 5.12. The number of nitrogens with one attached hydrogen (secondary N) is 1. The van der Waals surface area contributed by atoms with Crippen LogP contribution in [0.2, 0.25) is 10.0 Å². The average molecular weight is 546 g/mol. The van der Waals surface area contributed by atoms with Crippen LogP contribution in [0, 0.1) is 0 Å². The Hall–Kier alpha value is -3.09. The molecule has 38 heavy (non-hydrogen) atoms. The van der Waals surface area contributed by atoms with Gasteiger partial charge in [0.15, 0.2) is 0 Å². The highest BCUT2D eigenvalue weighted by atomic mass is 35.5. The SMILES string of the molecule is O=C(c1ccccc1Cl)N1CCN(CC2C(c3ccc(Cl)cc3)NC3C=CC(c4ccccc4)=CN32)CC1. The van der Waals surface area contributed by atoms with Gasteiger partial charge in [-0.05, 0) is 47.0 Å². The van der Waals surface area contributed by atoms with Gasteiger partial charge in [0, 0.05) is 43.9 Å². The number of fused-ring (bicyclic) bond motifs is 1. The first-order valence-electron chi connectivity index (χ1n) is 13.1. The maximum Gasteiger partial charge on any atom is 0.255 e. The molecule has 194 valence electrons. The van der Waals surface area contributed by atoms with Crippen molar-refractivity contribution in [3.05, 3.63) is 124 Å². The van der Waals surface area contributed by atoms with Crippen LogP contribution in [-0.2, 0) is 0 Å². The van der Waals surface area contributed by atoms with Crippen LogP contribution < -0.4 is 5.32 Å². The number of carbonyl (C=O) groups is 1. The Morgan fingerprint density at radius 2 is 1.58 bits per heavy atom. The number of hydrogen-bond acceptors (Lipinski definition) is 4. The van der Waals surface area contributed by atoms with Crippen molar-refractivity contribution in [1.29, 1.82) is 0 Å². The highest BCUT2D eigenvalue weighted by Crippen LogP contribution is 2.35. The first-order chi connectivity index (χ1) is 18.6. The van der Waals surface area contributed by atoms with E-state index in [1.807, 2.05) is 35.2 Å². The standard InChI is InChI=1S/C31H30Cl2N4O/c32-25-13-10-23(11-14-25)30-28(37-20-24(12-15-29(37)34-30)22-6-2-1-3-7-22)21-35-16-18-36(19-17-35)31(38)26-8-4-5-9-27(26)33/h1-15,20,28-30,34H,16-19,21H2. The predicted molar refractivity (Wildman–Crippen MR) is 154 cm³/mol. The second-order valence-electron chi connectivity index (χ2n) is 10.0. The fourth-order valence-electron chi connectivity index (χ4n) is 5.68. The number of amides is 1. The molecule has 3 aliphatic rings. The molecule has 0 bridgehead atoms. The zero-order chi connectivity index (χ0) is 26.1. The molecule has 0 aliphatic carbocycles. The number of piperazine rings is 1. The van der Waals surface area contributed by atoms with Gasteiger partial charge < -0.3 is 9.80 Å². The molecule has 3 aromatic carbocycles. The molecule has 0 spiro atoms. The summed E-state index contributed by atoms with van der Waals surface area (Å²) in [5.41, 5.74) is 4.22. The summed E-state index contributed by atoms with van der Waals surface area (Å²) >= 11 is 12.5. The minimum Gasteiger partial charge on any atom is -0.352 e. The van der Waals surface area contributed by atoms with E-state index >= 15 is 0 Å². The van der Waals surface area contributed by atoms with Gasteiger partial charge in [-0.2, -0.15) is 0 Å². The highest BCUT2D eigenvalue weighted by molar-refractivity contribution is 6.33. The Kier molecular flexibility index (Phi) is 7.26. The van der Waals surface area contributed by atoms with Crippen LogP contribution in [0.25, 0.3) is 5.57 Å². The largest absolute Gasteiger partial charge is 0.352 e. The van der Waals surface area contributed by atoms with Gasteiger partial charge in [-0.25, -0.2) is 0 Å². The summed E-state index contributed by atoms with van der Waals surface area (Å²) in [7, 11) is 0. The maximum atomic E-state index is 13.1. The van der Waals surface area contributed by atoms with E-state index in [1.165, 1.54) is 16.7 Å². The van der Waals surface area contributed by atoms with Crippen LogP contribution in [0.4, 0.5) is 0 Å². The molecule has 1 N–H and O–H groups in total. The van der Waals surface area contributed by atoms with Crippen LogP contribution in [-0.4, -0.2) is 65.5 Å². The maximum absolute atomic E-state index is 13.1. The van der Waals surface area contributed by atoms with E-state index in [0.717, 1.165) is 24.7 Å². The molecule has 0 radical (unpaired) electrons. The molecule has 0 aromatic heterocycles. The second-order valence-corrected chi connectivity index (χ2v) is 10.9. The number of hydrogen-bond donors (Lipinski definition) is 1. The molecule has 6 rings (SSSR count). The van der Waals surface area contributed by atoms with Crippen molar-refractivity contribution in [2.75, 3.05) is 32.7 Å². The van der Waals surface area contributed by atoms with Crippen molar-refractivity contribution in [3.63, 3.8) is 0 Å². The van der Waals surface area contributed by atoms with Gasteiger partial charge in [0.05, 0.1) is 28.8 Å². The summed E-state index contributed by atoms with van der Waals surface area (Å²) in [6.45, 7) is 3.90. The summed E-state index contributed by atoms with van der Waals surface area (Å²) in [4.78, 5) is 19.9. The lowest BCUT2D eigenvalue weighted by atomic mass is 9.98. The van der Waals surface area contributed by atoms with E-state index in [9.17, 15) is 4.79 Å². The van der Waals surface area contributed by atoms with Gasteiger partial charge in [0.25, 0.3) is 5.91 Å². The third-order valence-corrected chi connectivity index (χ3v) is 8.31. The molecular weight excluding hydrogens is 515 g/mol. The van der Waals surface area contributed by atoms with Gasteiger partial charge in [0.2, 0.25) is 0 Å². The van der Waals surface area contributed by atoms with Crippen molar-refractivity contribution in [3.8, 4) is 0 Å². The van der Waals surface area contributed by atoms with E-state index in [1.54, 1.807) is 12.1 Å². The number of rotatable bonds is 5. The zero-order valence-electron chi connectivity index (χ0n) is 21.0. The predicted octanol–water partition coefficient (Wildman–Crippen LogP) is 5.70. The van der Waals surface area contributed by atoms with Crippen LogP contribution in [0.15, 0.2) is 97.2 Å². The smallest absolute Gasteiger partial charge is 0.255 e. The molecule has 7 heteroatoms. The third-order valence-electron chi connectivity index (χ3n) is 7.73. The second kappa shape index (κ2) is 11.0. The molecule has 3 aromatic rings. The van der Waals surface area contributed by atoms with Crippen LogP contribution in [0.1, 0.15) is 27.5 Å². The summed E-state index contributed by atoms with van der Waals surface area (Å²) in [6.07, 6.45) is 6.89. The monoisotopic (exact) mass is 544 g/mol. The lowest BCUT2D eigenvalue weighted by Crippen LogP contribution is -2.52. The van der Waals surface area contributed by atoms with Crippen LogP contribution >= 0.6 is 23.2 Å². The molecule has 0 saturated carbocycles. The molecule has 3 atom stereocenters. The number of carbonyl (C=O) groups excluding carboxylic acids is 1. The highest BCUT2D eigenvalue weighted by Gasteiger charge is 2.41. The topological polar surface area (TPSA) is 38.8 Å². The number of halogens is 2. The van der Waals surface area contributed by atoms with Crippen LogP contribution in [0.3, 0.4) is 0 Å². The van der Waals surface area contributed by atoms with E-state index < -0.39 is 0 Å². The average Bonchev–Trinajstić information content (AvgIpc) is 3.31. The van der Waals surface area contributed by atoms with Crippen molar-refractivity contribution >= 4 is 34.7 Å². The summed E-state index contributed by atoms with van der Waals surface area (Å²) in [6, 6.07) is 26.3. The number of allylic oxidation sites excluding steroid dienone is 2. The van der Waals surface area contributed by atoms with Crippen molar-refractivity contribution < 1.29 is 4.79 Å². The quantitative estimate of drug-likeness (QED) is 0.447. The minimum atomic E-state index is 0.00786. The van der Waals surface area contributed by atoms with Crippen LogP contribution in [0.5, 0.6) is 0 Å².